The number of amides is 1. The first kappa shape index (κ1) is 19.5. The molecule has 0 bridgehead atoms. The number of nitriles is 1. The highest BCUT2D eigenvalue weighted by atomic mass is 79.9. The molecule has 0 fully saturated rings. The molecular formula is C21H19BrN2O2. The molecule has 2 aromatic rings. The zero-order valence-corrected chi connectivity index (χ0v) is 16.3. The van der Waals surface area contributed by atoms with E-state index < -0.39 is 5.91 Å². The Morgan fingerprint density at radius 1 is 1.35 bits per heavy atom. The largest absolute Gasteiger partial charge is 0.489 e. The summed E-state index contributed by atoms with van der Waals surface area (Å²) in [5.74, 6) is 0.108. The molecule has 0 radical (unpaired) electrons. The number of anilines is 1. The van der Waals surface area contributed by atoms with Crippen LogP contribution in [0.1, 0.15) is 16.7 Å². The van der Waals surface area contributed by atoms with Gasteiger partial charge in [-0.3, -0.25) is 4.79 Å². The van der Waals surface area contributed by atoms with E-state index in [4.69, 9.17) is 4.74 Å². The van der Waals surface area contributed by atoms with Gasteiger partial charge >= 0.3 is 0 Å². The monoisotopic (exact) mass is 410 g/mol. The maximum Gasteiger partial charge on any atom is 0.266 e. The summed E-state index contributed by atoms with van der Waals surface area (Å²) < 4.78 is 6.42. The van der Waals surface area contributed by atoms with E-state index in [2.05, 4.69) is 27.8 Å². The van der Waals surface area contributed by atoms with Crippen molar-refractivity contribution in [2.24, 2.45) is 0 Å². The van der Waals surface area contributed by atoms with Gasteiger partial charge in [-0.2, -0.15) is 5.26 Å². The van der Waals surface area contributed by atoms with Crippen molar-refractivity contribution in [3.8, 4) is 11.8 Å². The lowest BCUT2D eigenvalue weighted by Gasteiger charge is -2.11. The quantitative estimate of drug-likeness (QED) is 0.405. The molecular weight excluding hydrogens is 392 g/mol. The standard InChI is InChI=1S/C21H19BrN2O2/c1-4-10-26-20-9-8-18(22)12-16(20)11-17(13-23)21(25)24-19-7-5-6-14(2)15(19)3/h4-9,11-12H,1,10H2,2-3H3,(H,24,25)/b17-11+. The minimum Gasteiger partial charge on any atom is -0.489 e. The molecule has 2 aromatic carbocycles. The van der Waals surface area contributed by atoms with Crippen LogP contribution in [0.2, 0.25) is 0 Å². The van der Waals surface area contributed by atoms with E-state index in [-0.39, 0.29) is 5.57 Å². The van der Waals surface area contributed by atoms with E-state index in [9.17, 15) is 10.1 Å². The summed E-state index contributed by atoms with van der Waals surface area (Å²) in [4.78, 5) is 12.6. The van der Waals surface area contributed by atoms with E-state index in [1.54, 1.807) is 18.2 Å². The first-order valence-electron chi connectivity index (χ1n) is 7.99. The lowest BCUT2D eigenvalue weighted by molar-refractivity contribution is -0.112. The predicted molar refractivity (Wildman–Crippen MR) is 108 cm³/mol. The van der Waals surface area contributed by atoms with Crippen molar-refractivity contribution < 1.29 is 9.53 Å². The van der Waals surface area contributed by atoms with Gasteiger partial charge in [0.1, 0.15) is 24.0 Å². The zero-order chi connectivity index (χ0) is 19.1. The highest BCUT2D eigenvalue weighted by Crippen LogP contribution is 2.26. The zero-order valence-electron chi connectivity index (χ0n) is 14.7. The molecule has 2 rings (SSSR count). The molecule has 26 heavy (non-hydrogen) atoms. The third kappa shape index (κ3) is 4.84. The average molecular weight is 411 g/mol. The summed E-state index contributed by atoms with van der Waals surface area (Å²) in [7, 11) is 0. The molecule has 0 heterocycles. The van der Waals surface area contributed by atoms with Crippen molar-refractivity contribution in [2.75, 3.05) is 11.9 Å². The summed E-state index contributed by atoms with van der Waals surface area (Å²) in [5, 5.41) is 12.2. The number of carbonyl (C=O) groups is 1. The Balaban J connectivity index is 2.34. The van der Waals surface area contributed by atoms with Crippen LogP contribution in [-0.2, 0) is 4.79 Å². The fourth-order valence-electron chi connectivity index (χ4n) is 2.29. The summed E-state index contributed by atoms with van der Waals surface area (Å²) in [5.41, 5.74) is 3.35. The van der Waals surface area contributed by atoms with E-state index in [1.807, 2.05) is 44.2 Å². The molecule has 0 aliphatic rings. The van der Waals surface area contributed by atoms with Crippen molar-refractivity contribution in [1.82, 2.24) is 0 Å². The van der Waals surface area contributed by atoms with Gasteiger partial charge in [0.05, 0.1) is 0 Å². The lowest BCUT2D eigenvalue weighted by Crippen LogP contribution is -2.14. The van der Waals surface area contributed by atoms with Crippen LogP contribution in [0.5, 0.6) is 5.75 Å². The number of aryl methyl sites for hydroxylation is 1. The van der Waals surface area contributed by atoms with Crippen LogP contribution in [0.3, 0.4) is 0 Å². The maximum absolute atomic E-state index is 12.6. The van der Waals surface area contributed by atoms with Gasteiger partial charge < -0.3 is 10.1 Å². The van der Waals surface area contributed by atoms with E-state index in [0.29, 0.717) is 23.6 Å². The van der Waals surface area contributed by atoms with Crippen LogP contribution < -0.4 is 10.1 Å². The molecule has 0 aliphatic carbocycles. The molecule has 0 saturated carbocycles. The first-order valence-corrected chi connectivity index (χ1v) is 8.78. The van der Waals surface area contributed by atoms with Gasteiger partial charge in [-0.25, -0.2) is 0 Å². The Hall–Kier alpha value is -2.84. The molecule has 0 spiro atoms. The van der Waals surface area contributed by atoms with Gasteiger partial charge in [-0.15, -0.1) is 0 Å². The van der Waals surface area contributed by atoms with Crippen LogP contribution in [0.15, 0.2) is 59.1 Å². The smallest absolute Gasteiger partial charge is 0.266 e. The second kappa shape index (κ2) is 9.02. The number of nitrogens with zero attached hydrogens (tertiary/aromatic N) is 1. The minimum absolute atomic E-state index is 0.00698. The highest BCUT2D eigenvalue weighted by Gasteiger charge is 2.13. The SMILES string of the molecule is C=CCOc1ccc(Br)cc1/C=C(\C#N)C(=O)Nc1cccc(C)c1C. The minimum atomic E-state index is -0.462. The third-order valence-corrected chi connectivity index (χ3v) is 4.34. The Labute approximate surface area is 161 Å². The molecule has 0 aliphatic heterocycles. The predicted octanol–water partition coefficient (Wildman–Crippen LogP) is 5.18. The molecule has 1 N–H and O–H groups in total. The van der Waals surface area contributed by atoms with Crippen LogP contribution >= 0.6 is 15.9 Å². The number of benzene rings is 2. The average Bonchev–Trinajstić information content (AvgIpc) is 2.62. The number of nitrogens with one attached hydrogen (secondary N) is 1. The number of rotatable bonds is 6. The second-order valence-electron chi connectivity index (χ2n) is 5.65. The Kier molecular flexibility index (Phi) is 6.76. The summed E-state index contributed by atoms with van der Waals surface area (Å²) in [6.07, 6.45) is 3.15. The van der Waals surface area contributed by atoms with Crippen molar-refractivity contribution in [3.63, 3.8) is 0 Å². The lowest BCUT2D eigenvalue weighted by atomic mass is 10.1. The number of ether oxygens (including phenoxy) is 1. The van der Waals surface area contributed by atoms with Crippen LogP contribution in [0.4, 0.5) is 5.69 Å². The topological polar surface area (TPSA) is 62.1 Å². The molecule has 0 aromatic heterocycles. The van der Waals surface area contributed by atoms with Crippen LogP contribution in [0, 0.1) is 25.2 Å². The normalized spacial score (nSPS) is 10.8. The summed E-state index contributed by atoms with van der Waals surface area (Å²) in [6, 6.07) is 13.0. The van der Waals surface area contributed by atoms with Gasteiger partial charge in [0, 0.05) is 15.7 Å². The highest BCUT2D eigenvalue weighted by molar-refractivity contribution is 9.10. The molecule has 132 valence electrons. The molecule has 5 heteroatoms. The number of hydrogen-bond acceptors (Lipinski definition) is 3. The Bertz CT molecular complexity index is 911. The number of halogens is 1. The first-order chi connectivity index (χ1) is 12.5. The summed E-state index contributed by atoms with van der Waals surface area (Å²) >= 11 is 3.40. The van der Waals surface area contributed by atoms with E-state index >= 15 is 0 Å². The fraction of sp³-hybridized carbons (Fsp3) is 0.143. The van der Waals surface area contributed by atoms with Crippen molar-refractivity contribution in [2.45, 2.75) is 13.8 Å². The van der Waals surface area contributed by atoms with Gasteiger partial charge in [0.15, 0.2) is 0 Å². The number of carbonyl (C=O) groups excluding carboxylic acids is 1. The molecule has 4 nitrogen and oxygen atoms in total. The van der Waals surface area contributed by atoms with Crippen LogP contribution in [0.25, 0.3) is 6.08 Å². The second-order valence-corrected chi connectivity index (χ2v) is 6.57. The molecule has 0 atom stereocenters. The Morgan fingerprint density at radius 3 is 2.81 bits per heavy atom. The van der Waals surface area contributed by atoms with Gasteiger partial charge in [-0.05, 0) is 55.3 Å². The molecule has 0 unspecified atom stereocenters. The fourth-order valence-corrected chi connectivity index (χ4v) is 2.67. The van der Waals surface area contributed by atoms with Crippen molar-refractivity contribution in [3.05, 3.63) is 75.8 Å². The maximum atomic E-state index is 12.6. The number of hydrogen-bond donors (Lipinski definition) is 1. The van der Waals surface area contributed by atoms with Crippen molar-refractivity contribution >= 4 is 33.6 Å². The van der Waals surface area contributed by atoms with Gasteiger partial charge in [0.2, 0.25) is 0 Å². The summed E-state index contributed by atoms with van der Waals surface area (Å²) in [6.45, 7) is 7.85. The van der Waals surface area contributed by atoms with E-state index in [1.165, 1.54) is 6.08 Å². The molecule has 0 saturated heterocycles. The van der Waals surface area contributed by atoms with Gasteiger partial charge in [-0.1, -0.05) is 40.7 Å². The van der Waals surface area contributed by atoms with Crippen LogP contribution in [-0.4, -0.2) is 12.5 Å². The van der Waals surface area contributed by atoms with Gasteiger partial charge in [0.25, 0.3) is 5.91 Å². The molecule has 1 amide bonds. The van der Waals surface area contributed by atoms with Crippen molar-refractivity contribution in [1.29, 1.82) is 5.26 Å². The Morgan fingerprint density at radius 2 is 2.12 bits per heavy atom. The third-order valence-electron chi connectivity index (χ3n) is 3.85. The van der Waals surface area contributed by atoms with E-state index in [0.717, 1.165) is 15.6 Å².